The number of hydrogen-bond donors (Lipinski definition) is 1. The number of esters is 1. The minimum absolute atomic E-state index is 0.298. The molecular weight excluding hydrogens is 244 g/mol. The zero-order valence-corrected chi connectivity index (χ0v) is 11.4. The van der Waals surface area contributed by atoms with Crippen LogP contribution in [-0.2, 0) is 9.47 Å². The van der Waals surface area contributed by atoms with Gasteiger partial charge in [-0.05, 0) is 32.4 Å². The van der Waals surface area contributed by atoms with E-state index in [9.17, 15) is 4.79 Å². The summed E-state index contributed by atoms with van der Waals surface area (Å²) >= 11 is 0. The number of nitrogens with zero attached hydrogens (tertiary/aromatic N) is 1. The summed E-state index contributed by atoms with van der Waals surface area (Å²) in [6.45, 7) is 5.93. The van der Waals surface area contributed by atoms with Gasteiger partial charge in [0.05, 0.1) is 18.3 Å². The first kappa shape index (κ1) is 13.8. The molecule has 2 unspecified atom stereocenters. The van der Waals surface area contributed by atoms with Crippen molar-refractivity contribution in [2.24, 2.45) is 5.92 Å². The molecule has 1 fully saturated rings. The lowest BCUT2D eigenvalue weighted by molar-refractivity contribution is 0.0526. The molecule has 0 bridgehead atoms. The maximum Gasteiger partial charge on any atom is 0.339 e. The Balaban J connectivity index is 1.86. The van der Waals surface area contributed by atoms with Gasteiger partial charge in [0.15, 0.2) is 0 Å². The molecule has 5 heteroatoms. The summed E-state index contributed by atoms with van der Waals surface area (Å²) in [5, 5.41) is 3.27. The summed E-state index contributed by atoms with van der Waals surface area (Å²) < 4.78 is 10.4. The van der Waals surface area contributed by atoms with Crippen molar-refractivity contribution in [1.29, 1.82) is 0 Å². The Morgan fingerprint density at radius 3 is 3.00 bits per heavy atom. The number of carbonyl (C=O) groups is 1. The first-order valence-electron chi connectivity index (χ1n) is 6.69. The fraction of sp³-hybridized carbons (Fsp3) is 0.571. The Bertz CT molecular complexity index is 419. The third-order valence-electron chi connectivity index (χ3n) is 3.35. The fourth-order valence-corrected chi connectivity index (χ4v) is 2.11. The van der Waals surface area contributed by atoms with Crippen molar-refractivity contribution in [3.8, 4) is 0 Å². The Kier molecular flexibility index (Phi) is 4.74. The molecule has 1 aromatic rings. The molecule has 0 aromatic carbocycles. The van der Waals surface area contributed by atoms with Crippen LogP contribution in [0.2, 0.25) is 0 Å². The highest BCUT2D eigenvalue weighted by Gasteiger charge is 2.23. The molecule has 5 nitrogen and oxygen atoms in total. The number of carbonyl (C=O) groups excluding carboxylic acids is 1. The Labute approximate surface area is 113 Å². The lowest BCUT2D eigenvalue weighted by atomic mass is 10.0. The van der Waals surface area contributed by atoms with Crippen molar-refractivity contribution in [2.75, 3.05) is 25.1 Å². The van der Waals surface area contributed by atoms with Crippen molar-refractivity contribution in [3.63, 3.8) is 0 Å². The van der Waals surface area contributed by atoms with E-state index in [0.29, 0.717) is 24.2 Å². The lowest BCUT2D eigenvalue weighted by Gasteiger charge is -2.15. The van der Waals surface area contributed by atoms with Crippen LogP contribution in [0, 0.1) is 5.92 Å². The second-order valence-electron chi connectivity index (χ2n) is 4.66. The van der Waals surface area contributed by atoms with Crippen molar-refractivity contribution in [2.45, 2.75) is 26.4 Å². The molecule has 2 heterocycles. The van der Waals surface area contributed by atoms with Crippen molar-refractivity contribution < 1.29 is 14.3 Å². The SMILES string of the molecule is CCOC(=O)c1ccc(NCC2CCOC2C)nc1. The zero-order valence-electron chi connectivity index (χ0n) is 11.4. The van der Waals surface area contributed by atoms with Gasteiger partial charge in [-0.25, -0.2) is 9.78 Å². The number of aromatic nitrogens is 1. The van der Waals surface area contributed by atoms with Gasteiger partial charge in [0.25, 0.3) is 0 Å². The molecule has 2 rings (SSSR count). The molecule has 1 saturated heterocycles. The maximum atomic E-state index is 11.5. The molecule has 2 atom stereocenters. The largest absolute Gasteiger partial charge is 0.462 e. The molecule has 19 heavy (non-hydrogen) atoms. The van der Waals surface area contributed by atoms with Crippen LogP contribution in [0.1, 0.15) is 30.6 Å². The van der Waals surface area contributed by atoms with Crippen LogP contribution in [0.15, 0.2) is 18.3 Å². The number of nitrogens with one attached hydrogen (secondary N) is 1. The molecule has 1 aliphatic heterocycles. The predicted octanol–water partition coefficient (Wildman–Crippen LogP) is 2.10. The van der Waals surface area contributed by atoms with Crippen LogP contribution < -0.4 is 5.32 Å². The van der Waals surface area contributed by atoms with E-state index in [4.69, 9.17) is 9.47 Å². The van der Waals surface area contributed by atoms with Crippen molar-refractivity contribution >= 4 is 11.8 Å². The van der Waals surface area contributed by atoms with E-state index in [1.54, 1.807) is 19.1 Å². The third-order valence-corrected chi connectivity index (χ3v) is 3.35. The van der Waals surface area contributed by atoms with E-state index in [0.717, 1.165) is 25.4 Å². The molecule has 1 aliphatic rings. The van der Waals surface area contributed by atoms with Gasteiger partial charge in [-0.3, -0.25) is 0 Å². The number of anilines is 1. The smallest absolute Gasteiger partial charge is 0.339 e. The van der Waals surface area contributed by atoms with Crippen LogP contribution in [0.3, 0.4) is 0 Å². The van der Waals surface area contributed by atoms with E-state index in [1.807, 2.05) is 0 Å². The molecule has 0 radical (unpaired) electrons. The Hall–Kier alpha value is -1.62. The highest BCUT2D eigenvalue weighted by molar-refractivity contribution is 5.89. The van der Waals surface area contributed by atoms with Gasteiger partial charge in [0.1, 0.15) is 5.82 Å². The zero-order chi connectivity index (χ0) is 13.7. The average molecular weight is 264 g/mol. The highest BCUT2D eigenvalue weighted by Crippen LogP contribution is 2.20. The molecular formula is C14H20N2O3. The van der Waals surface area contributed by atoms with Crippen molar-refractivity contribution in [1.82, 2.24) is 4.98 Å². The first-order valence-corrected chi connectivity index (χ1v) is 6.69. The molecule has 0 aliphatic carbocycles. The molecule has 104 valence electrons. The quantitative estimate of drug-likeness (QED) is 0.825. The molecule has 0 saturated carbocycles. The average Bonchev–Trinajstić information content (AvgIpc) is 2.83. The van der Waals surface area contributed by atoms with Gasteiger partial charge in [-0.15, -0.1) is 0 Å². The minimum atomic E-state index is -0.334. The number of pyridine rings is 1. The summed E-state index contributed by atoms with van der Waals surface area (Å²) in [6, 6.07) is 3.52. The van der Waals surface area contributed by atoms with Crippen LogP contribution >= 0.6 is 0 Å². The maximum absolute atomic E-state index is 11.5. The van der Waals surface area contributed by atoms with Gasteiger partial charge >= 0.3 is 5.97 Å². The van der Waals surface area contributed by atoms with Gasteiger partial charge in [-0.1, -0.05) is 0 Å². The summed E-state index contributed by atoms with van der Waals surface area (Å²) in [5.41, 5.74) is 0.477. The number of hydrogen-bond acceptors (Lipinski definition) is 5. The van der Waals surface area contributed by atoms with Crippen LogP contribution in [0.25, 0.3) is 0 Å². The van der Waals surface area contributed by atoms with E-state index >= 15 is 0 Å². The highest BCUT2D eigenvalue weighted by atomic mass is 16.5. The number of rotatable bonds is 5. The number of ether oxygens (including phenoxy) is 2. The summed E-state index contributed by atoms with van der Waals surface area (Å²) in [4.78, 5) is 15.7. The van der Waals surface area contributed by atoms with Gasteiger partial charge in [0.2, 0.25) is 0 Å². The first-order chi connectivity index (χ1) is 9.20. The molecule has 0 amide bonds. The Morgan fingerprint density at radius 2 is 2.42 bits per heavy atom. The molecule has 0 spiro atoms. The second kappa shape index (κ2) is 6.52. The van der Waals surface area contributed by atoms with E-state index in [-0.39, 0.29) is 5.97 Å². The monoisotopic (exact) mass is 264 g/mol. The lowest BCUT2D eigenvalue weighted by Crippen LogP contribution is -2.21. The van der Waals surface area contributed by atoms with Crippen LogP contribution in [-0.4, -0.2) is 36.8 Å². The van der Waals surface area contributed by atoms with E-state index < -0.39 is 0 Å². The summed E-state index contributed by atoms with van der Waals surface area (Å²) in [7, 11) is 0. The fourth-order valence-electron chi connectivity index (χ4n) is 2.11. The van der Waals surface area contributed by atoms with E-state index in [2.05, 4.69) is 17.2 Å². The molecule has 1 aromatic heterocycles. The summed E-state index contributed by atoms with van der Waals surface area (Å²) in [6.07, 6.45) is 2.91. The Morgan fingerprint density at radius 1 is 1.58 bits per heavy atom. The van der Waals surface area contributed by atoms with E-state index in [1.165, 1.54) is 6.20 Å². The van der Waals surface area contributed by atoms with Gasteiger partial charge in [0, 0.05) is 25.3 Å². The van der Waals surface area contributed by atoms with Crippen LogP contribution in [0.5, 0.6) is 0 Å². The van der Waals surface area contributed by atoms with Crippen LogP contribution in [0.4, 0.5) is 5.82 Å². The minimum Gasteiger partial charge on any atom is -0.462 e. The predicted molar refractivity (Wildman–Crippen MR) is 72.2 cm³/mol. The van der Waals surface area contributed by atoms with Gasteiger partial charge < -0.3 is 14.8 Å². The van der Waals surface area contributed by atoms with Gasteiger partial charge in [-0.2, -0.15) is 0 Å². The second-order valence-corrected chi connectivity index (χ2v) is 4.66. The molecule has 1 N–H and O–H groups in total. The summed E-state index contributed by atoms with van der Waals surface area (Å²) in [5.74, 6) is 0.957. The normalized spacial score (nSPS) is 22.2. The standard InChI is InChI=1S/C14H20N2O3/c1-3-18-14(17)12-4-5-13(16-9-12)15-8-11-6-7-19-10(11)2/h4-5,9-11H,3,6-8H2,1-2H3,(H,15,16). The topological polar surface area (TPSA) is 60.5 Å². The third kappa shape index (κ3) is 3.67. The van der Waals surface area contributed by atoms with Crippen molar-refractivity contribution in [3.05, 3.63) is 23.9 Å².